The number of carbonyl (C=O) groups is 1. The van der Waals surface area contributed by atoms with E-state index < -0.39 is 0 Å². The number of fused-ring (bicyclic) bond motifs is 1. The third-order valence-electron chi connectivity index (χ3n) is 3.02. The van der Waals surface area contributed by atoms with Crippen LogP contribution in [0.15, 0.2) is 58.1 Å². The summed E-state index contributed by atoms with van der Waals surface area (Å²) < 4.78 is 0.957. The molecule has 0 spiro atoms. The van der Waals surface area contributed by atoms with E-state index in [1.165, 1.54) is 6.20 Å². The lowest BCUT2D eigenvalue weighted by Gasteiger charge is -2.09. The monoisotopic (exact) mass is 343 g/mol. The summed E-state index contributed by atoms with van der Waals surface area (Å²) in [6.07, 6.45) is 2.37. The van der Waals surface area contributed by atoms with Gasteiger partial charge in [0, 0.05) is 21.7 Å². The molecule has 0 fully saturated rings. The zero-order valence-corrected chi connectivity index (χ0v) is 12.3. The minimum Gasteiger partial charge on any atom is -0.325 e. The number of hydrogen-bond donors (Lipinski definition) is 2. The highest BCUT2D eigenvalue weighted by atomic mass is 79.9. The number of carbonyl (C=O) groups excluding carboxylic acids is 1. The van der Waals surface area contributed by atoms with Crippen molar-refractivity contribution in [3.63, 3.8) is 0 Å². The predicted molar refractivity (Wildman–Crippen MR) is 84.5 cm³/mol. The first kappa shape index (κ1) is 13.5. The van der Waals surface area contributed by atoms with Crippen molar-refractivity contribution in [3.05, 3.63) is 69.3 Å². The molecule has 0 aliphatic heterocycles. The molecule has 3 rings (SSSR count). The van der Waals surface area contributed by atoms with Gasteiger partial charge in [-0.15, -0.1) is 0 Å². The average molecular weight is 344 g/mol. The molecule has 5 nitrogen and oxygen atoms in total. The summed E-state index contributed by atoms with van der Waals surface area (Å²) in [6, 6.07) is 11.4. The largest absolute Gasteiger partial charge is 0.325 e. The zero-order valence-electron chi connectivity index (χ0n) is 10.8. The number of aromatic nitrogens is 2. The summed E-state index contributed by atoms with van der Waals surface area (Å²) in [7, 11) is 0. The van der Waals surface area contributed by atoms with Gasteiger partial charge in [-0.2, -0.15) is 0 Å². The first-order chi connectivity index (χ1) is 10.1. The number of aromatic amines is 1. The number of benzene rings is 2. The topological polar surface area (TPSA) is 74.8 Å². The number of nitrogens with zero attached hydrogens (tertiary/aromatic N) is 1. The second-order valence-corrected chi connectivity index (χ2v) is 5.25. The van der Waals surface area contributed by atoms with Crippen molar-refractivity contribution in [1.29, 1.82) is 0 Å². The van der Waals surface area contributed by atoms with Gasteiger partial charge in [-0.3, -0.25) is 9.59 Å². The van der Waals surface area contributed by atoms with E-state index in [0.717, 1.165) is 21.4 Å². The van der Waals surface area contributed by atoms with E-state index in [1.807, 2.05) is 36.4 Å². The molecule has 0 unspecified atom stereocenters. The Kier molecular flexibility index (Phi) is 3.53. The van der Waals surface area contributed by atoms with E-state index in [-0.39, 0.29) is 17.2 Å². The summed E-state index contributed by atoms with van der Waals surface area (Å²) >= 11 is 3.49. The smallest absolute Gasteiger partial charge is 0.275 e. The first-order valence-electron chi connectivity index (χ1n) is 6.18. The maximum absolute atomic E-state index is 12.1. The van der Waals surface area contributed by atoms with Gasteiger partial charge in [0.1, 0.15) is 5.69 Å². The van der Waals surface area contributed by atoms with Crippen LogP contribution in [0.5, 0.6) is 0 Å². The Morgan fingerprint density at radius 3 is 2.62 bits per heavy atom. The quantitative estimate of drug-likeness (QED) is 0.751. The molecule has 3 aromatic rings. The predicted octanol–water partition coefficient (Wildman–Crippen LogP) is 2.94. The third-order valence-corrected chi connectivity index (χ3v) is 3.72. The molecule has 2 aromatic carbocycles. The maximum Gasteiger partial charge on any atom is 0.275 e. The molecule has 0 bridgehead atoms. The molecule has 0 aliphatic rings. The number of H-pyrrole nitrogens is 1. The number of halogens is 1. The third kappa shape index (κ3) is 2.71. The highest BCUT2D eigenvalue weighted by molar-refractivity contribution is 9.10. The lowest BCUT2D eigenvalue weighted by molar-refractivity contribution is 0.102. The molecule has 0 radical (unpaired) electrons. The van der Waals surface area contributed by atoms with Crippen LogP contribution in [0.2, 0.25) is 0 Å². The van der Waals surface area contributed by atoms with Crippen molar-refractivity contribution in [2.75, 3.05) is 5.32 Å². The van der Waals surface area contributed by atoms with Crippen LogP contribution in [0, 0.1) is 0 Å². The molecular weight excluding hydrogens is 334 g/mol. The highest BCUT2D eigenvalue weighted by Crippen LogP contribution is 2.30. The van der Waals surface area contributed by atoms with Crippen molar-refractivity contribution in [2.45, 2.75) is 0 Å². The van der Waals surface area contributed by atoms with Gasteiger partial charge in [0.25, 0.3) is 11.5 Å². The number of rotatable bonds is 2. The van der Waals surface area contributed by atoms with Crippen LogP contribution in [-0.4, -0.2) is 15.9 Å². The van der Waals surface area contributed by atoms with Gasteiger partial charge in [-0.25, -0.2) is 4.98 Å². The standard InChI is InChI=1S/C15H10BrN3O2/c16-11-5-6-12(10-4-2-1-3-9(10)11)19-15(21)13-7-18-14(20)8-17-13/h1-8H,(H,18,20)(H,19,21). The van der Waals surface area contributed by atoms with Crippen LogP contribution in [0.25, 0.3) is 10.8 Å². The van der Waals surface area contributed by atoms with Crippen molar-refractivity contribution in [2.24, 2.45) is 0 Å². The van der Waals surface area contributed by atoms with Crippen molar-refractivity contribution >= 4 is 38.3 Å². The molecule has 0 aliphatic carbocycles. The fourth-order valence-corrected chi connectivity index (χ4v) is 2.50. The Morgan fingerprint density at radius 1 is 1.14 bits per heavy atom. The second-order valence-electron chi connectivity index (χ2n) is 4.39. The van der Waals surface area contributed by atoms with Crippen LogP contribution in [0.1, 0.15) is 10.5 Å². The number of nitrogens with one attached hydrogen (secondary N) is 2. The molecule has 1 aromatic heterocycles. The molecular formula is C15H10BrN3O2. The number of anilines is 1. The number of amides is 1. The van der Waals surface area contributed by atoms with Crippen molar-refractivity contribution < 1.29 is 4.79 Å². The Morgan fingerprint density at radius 2 is 1.90 bits per heavy atom. The van der Waals surface area contributed by atoms with Gasteiger partial charge in [-0.1, -0.05) is 40.2 Å². The minimum atomic E-state index is -0.376. The normalized spacial score (nSPS) is 10.5. The average Bonchev–Trinajstić information content (AvgIpc) is 2.51. The Labute approximate surface area is 128 Å². The minimum absolute atomic E-state index is 0.154. The van der Waals surface area contributed by atoms with Crippen molar-refractivity contribution in [1.82, 2.24) is 9.97 Å². The molecule has 21 heavy (non-hydrogen) atoms. The molecule has 104 valence electrons. The summed E-state index contributed by atoms with van der Waals surface area (Å²) in [5, 5.41) is 4.73. The summed E-state index contributed by atoms with van der Waals surface area (Å²) in [6.45, 7) is 0. The fraction of sp³-hybridized carbons (Fsp3) is 0. The molecule has 6 heteroatoms. The molecule has 2 N–H and O–H groups in total. The number of hydrogen-bond acceptors (Lipinski definition) is 3. The van der Waals surface area contributed by atoms with Gasteiger partial charge in [0.05, 0.1) is 6.20 Å². The van der Waals surface area contributed by atoms with Crippen molar-refractivity contribution in [3.8, 4) is 0 Å². The van der Waals surface area contributed by atoms with Crippen LogP contribution in [0.4, 0.5) is 5.69 Å². The van der Waals surface area contributed by atoms with E-state index in [1.54, 1.807) is 0 Å². The Bertz CT molecular complexity index is 869. The van der Waals surface area contributed by atoms with Crippen LogP contribution < -0.4 is 10.9 Å². The lowest BCUT2D eigenvalue weighted by Crippen LogP contribution is -2.17. The zero-order chi connectivity index (χ0) is 14.8. The van der Waals surface area contributed by atoms with Crippen LogP contribution >= 0.6 is 15.9 Å². The molecule has 0 saturated heterocycles. The fourth-order valence-electron chi connectivity index (χ4n) is 2.02. The molecule has 1 amide bonds. The van der Waals surface area contributed by atoms with Gasteiger partial charge >= 0.3 is 0 Å². The summed E-state index contributed by atoms with van der Waals surface area (Å²) in [5.41, 5.74) is 0.494. The van der Waals surface area contributed by atoms with Gasteiger partial charge in [0.2, 0.25) is 0 Å². The SMILES string of the molecule is O=C(Nc1ccc(Br)c2ccccc12)c1c[nH]c(=O)cn1. The van der Waals surface area contributed by atoms with Crippen LogP contribution in [0.3, 0.4) is 0 Å². The van der Waals surface area contributed by atoms with Crippen LogP contribution in [-0.2, 0) is 0 Å². The first-order valence-corrected chi connectivity index (χ1v) is 6.98. The lowest BCUT2D eigenvalue weighted by atomic mass is 10.1. The van der Waals surface area contributed by atoms with Gasteiger partial charge in [0.15, 0.2) is 0 Å². The van der Waals surface area contributed by atoms with E-state index in [4.69, 9.17) is 0 Å². The molecule has 1 heterocycles. The molecule has 0 saturated carbocycles. The van der Waals surface area contributed by atoms with E-state index in [9.17, 15) is 9.59 Å². The summed E-state index contributed by atoms with van der Waals surface area (Å²) in [5.74, 6) is -0.376. The molecule has 0 atom stereocenters. The highest BCUT2D eigenvalue weighted by Gasteiger charge is 2.10. The Hall–Kier alpha value is -2.47. The van der Waals surface area contributed by atoms with Gasteiger partial charge < -0.3 is 10.3 Å². The van der Waals surface area contributed by atoms with E-state index >= 15 is 0 Å². The van der Waals surface area contributed by atoms with E-state index in [0.29, 0.717) is 5.69 Å². The van der Waals surface area contributed by atoms with E-state index in [2.05, 4.69) is 31.2 Å². The second kappa shape index (κ2) is 5.49. The maximum atomic E-state index is 12.1. The Balaban J connectivity index is 1.98. The summed E-state index contributed by atoms with van der Waals surface area (Å²) in [4.78, 5) is 29.3. The van der Waals surface area contributed by atoms with Gasteiger partial charge in [-0.05, 0) is 17.5 Å².